The Labute approximate surface area is 125 Å². The fourth-order valence-electron chi connectivity index (χ4n) is 2.81. The Bertz CT molecular complexity index is 692. The fraction of sp³-hybridized carbons (Fsp3) is 0.278. The maximum atomic E-state index is 12.5. The molecular weight excluding hydrogens is 260 g/mol. The molecular formula is C18H20N2O. The molecule has 3 nitrogen and oxygen atoms in total. The van der Waals surface area contributed by atoms with Crippen LogP contribution in [0.15, 0.2) is 36.4 Å². The van der Waals surface area contributed by atoms with Crippen LogP contribution in [0.3, 0.4) is 0 Å². The summed E-state index contributed by atoms with van der Waals surface area (Å²) in [5.41, 5.74) is 6.20. The molecule has 0 fully saturated rings. The van der Waals surface area contributed by atoms with Crippen LogP contribution in [-0.4, -0.2) is 12.5 Å². The monoisotopic (exact) mass is 280 g/mol. The lowest BCUT2D eigenvalue weighted by atomic mass is 10.00. The molecule has 0 spiro atoms. The summed E-state index contributed by atoms with van der Waals surface area (Å²) >= 11 is 0. The van der Waals surface area contributed by atoms with Gasteiger partial charge in [-0.2, -0.15) is 0 Å². The Morgan fingerprint density at radius 2 is 1.95 bits per heavy atom. The number of amides is 1. The van der Waals surface area contributed by atoms with Crippen LogP contribution in [0.5, 0.6) is 0 Å². The molecule has 2 aromatic carbocycles. The van der Waals surface area contributed by atoms with Crippen LogP contribution < -0.4 is 10.6 Å². The molecule has 108 valence electrons. The number of carbonyl (C=O) groups is 1. The van der Waals surface area contributed by atoms with Gasteiger partial charge >= 0.3 is 0 Å². The van der Waals surface area contributed by atoms with Gasteiger partial charge in [0, 0.05) is 23.5 Å². The van der Waals surface area contributed by atoms with Crippen molar-refractivity contribution in [1.82, 2.24) is 0 Å². The van der Waals surface area contributed by atoms with Gasteiger partial charge in [-0.25, -0.2) is 0 Å². The molecule has 21 heavy (non-hydrogen) atoms. The molecule has 1 aliphatic heterocycles. The van der Waals surface area contributed by atoms with Gasteiger partial charge < -0.3 is 10.6 Å². The molecule has 2 aromatic rings. The first-order valence-electron chi connectivity index (χ1n) is 7.40. The van der Waals surface area contributed by atoms with E-state index in [9.17, 15) is 4.79 Å². The number of rotatable bonds is 2. The third-order valence-corrected chi connectivity index (χ3v) is 4.19. The molecule has 0 unspecified atom stereocenters. The SMILES string of the molecule is Cc1cccc(C(=O)Nc2cccc3c2CCCN3)c1C. The topological polar surface area (TPSA) is 41.1 Å². The summed E-state index contributed by atoms with van der Waals surface area (Å²) in [5, 5.41) is 6.46. The van der Waals surface area contributed by atoms with Gasteiger partial charge in [-0.05, 0) is 61.6 Å². The van der Waals surface area contributed by atoms with Gasteiger partial charge in [0.15, 0.2) is 0 Å². The third kappa shape index (κ3) is 2.64. The molecule has 3 rings (SSSR count). The van der Waals surface area contributed by atoms with Gasteiger partial charge in [-0.1, -0.05) is 18.2 Å². The van der Waals surface area contributed by atoms with E-state index in [2.05, 4.69) is 16.7 Å². The summed E-state index contributed by atoms with van der Waals surface area (Å²) in [6.45, 7) is 5.02. The number of nitrogens with one attached hydrogen (secondary N) is 2. The lowest BCUT2D eigenvalue weighted by molar-refractivity contribution is 0.102. The Hall–Kier alpha value is -2.29. The second-order valence-electron chi connectivity index (χ2n) is 5.56. The molecule has 0 atom stereocenters. The van der Waals surface area contributed by atoms with E-state index in [4.69, 9.17) is 0 Å². The van der Waals surface area contributed by atoms with Crippen LogP contribution in [0.1, 0.15) is 33.5 Å². The predicted molar refractivity (Wildman–Crippen MR) is 87.1 cm³/mol. The lowest BCUT2D eigenvalue weighted by Gasteiger charge is -2.21. The van der Waals surface area contributed by atoms with E-state index in [0.29, 0.717) is 0 Å². The van der Waals surface area contributed by atoms with Gasteiger partial charge in [0.05, 0.1) is 0 Å². The van der Waals surface area contributed by atoms with E-state index in [0.717, 1.165) is 47.5 Å². The number of anilines is 2. The normalized spacial score (nSPS) is 13.2. The molecule has 0 radical (unpaired) electrons. The minimum atomic E-state index is -0.0322. The molecule has 0 bridgehead atoms. The summed E-state index contributed by atoms with van der Waals surface area (Å²) in [4.78, 5) is 12.5. The van der Waals surface area contributed by atoms with E-state index < -0.39 is 0 Å². The number of aryl methyl sites for hydroxylation is 1. The molecule has 1 aliphatic rings. The number of fused-ring (bicyclic) bond motifs is 1. The third-order valence-electron chi connectivity index (χ3n) is 4.19. The summed E-state index contributed by atoms with van der Waals surface area (Å²) in [6, 6.07) is 11.9. The Morgan fingerprint density at radius 1 is 1.14 bits per heavy atom. The summed E-state index contributed by atoms with van der Waals surface area (Å²) in [6.07, 6.45) is 2.11. The smallest absolute Gasteiger partial charge is 0.255 e. The average molecular weight is 280 g/mol. The maximum Gasteiger partial charge on any atom is 0.255 e. The van der Waals surface area contributed by atoms with Crippen molar-refractivity contribution in [2.24, 2.45) is 0 Å². The van der Waals surface area contributed by atoms with E-state index in [1.165, 1.54) is 5.56 Å². The van der Waals surface area contributed by atoms with Crippen molar-refractivity contribution < 1.29 is 4.79 Å². The van der Waals surface area contributed by atoms with E-state index in [-0.39, 0.29) is 5.91 Å². The van der Waals surface area contributed by atoms with Crippen LogP contribution >= 0.6 is 0 Å². The van der Waals surface area contributed by atoms with Crippen molar-refractivity contribution in [2.75, 3.05) is 17.2 Å². The summed E-state index contributed by atoms with van der Waals surface area (Å²) in [7, 11) is 0. The van der Waals surface area contributed by atoms with Crippen LogP contribution in [0.25, 0.3) is 0 Å². The van der Waals surface area contributed by atoms with Crippen LogP contribution in [0, 0.1) is 13.8 Å². The van der Waals surface area contributed by atoms with Crippen molar-refractivity contribution in [3.8, 4) is 0 Å². The second-order valence-corrected chi connectivity index (χ2v) is 5.56. The second kappa shape index (κ2) is 5.60. The Balaban J connectivity index is 1.90. The number of hydrogen-bond donors (Lipinski definition) is 2. The zero-order chi connectivity index (χ0) is 14.8. The highest BCUT2D eigenvalue weighted by Gasteiger charge is 2.16. The Kier molecular flexibility index (Phi) is 3.65. The maximum absolute atomic E-state index is 12.5. The molecule has 2 N–H and O–H groups in total. The summed E-state index contributed by atoms with van der Waals surface area (Å²) < 4.78 is 0. The quantitative estimate of drug-likeness (QED) is 0.875. The first-order valence-corrected chi connectivity index (χ1v) is 7.40. The standard InChI is InChI=1S/C18H20N2O/c1-12-6-3-7-14(13(12)2)18(21)20-17-10-4-9-16-15(17)8-5-11-19-16/h3-4,6-7,9-10,19H,5,8,11H2,1-2H3,(H,20,21). The number of carbonyl (C=O) groups excluding carboxylic acids is 1. The number of benzene rings is 2. The zero-order valence-corrected chi connectivity index (χ0v) is 12.5. The van der Waals surface area contributed by atoms with Gasteiger partial charge in [0.25, 0.3) is 5.91 Å². The van der Waals surface area contributed by atoms with Crippen molar-refractivity contribution in [1.29, 1.82) is 0 Å². The largest absolute Gasteiger partial charge is 0.385 e. The van der Waals surface area contributed by atoms with Crippen LogP contribution in [-0.2, 0) is 6.42 Å². The average Bonchev–Trinajstić information content (AvgIpc) is 2.50. The van der Waals surface area contributed by atoms with E-state index in [1.54, 1.807) is 0 Å². The molecule has 0 aromatic heterocycles. The van der Waals surface area contributed by atoms with Crippen LogP contribution in [0.2, 0.25) is 0 Å². The van der Waals surface area contributed by atoms with Crippen molar-refractivity contribution >= 4 is 17.3 Å². The minimum absolute atomic E-state index is 0.0322. The predicted octanol–water partition coefficient (Wildman–Crippen LogP) is 3.91. The zero-order valence-electron chi connectivity index (χ0n) is 12.5. The molecule has 0 saturated carbocycles. The molecule has 1 amide bonds. The van der Waals surface area contributed by atoms with Gasteiger partial charge in [-0.15, -0.1) is 0 Å². The highest BCUT2D eigenvalue weighted by Crippen LogP contribution is 2.29. The lowest BCUT2D eigenvalue weighted by Crippen LogP contribution is -2.18. The first kappa shape index (κ1) is 13.7. The van der Waals surface area contributed by atoms with Gasteiger partial charge in [-0.3, -0.25) is 4.79 Å². The molecule has 0 saturated heterocycles. The highest BCUT2D eigenvalue weighted by atomic mass is 16.1. The summed E-state index contributed by atoms with van der Waals surface area (Å²) in [5.74, 6) is -0.0322. The van der Waals surface area contributed by atoms with Gasteiger partial charge in [0.1, 0.15) is 0 Å². The molecule has 0 aliphatic carbocycles. The van der Waals surface area contributed by atoms with E-state index >= 15 is 0 Å². The Morgan fingerprint density at radius 3 is 2.81 bits per heavy atom. The van der Waals surface area contributed by atoms with Gasteiger partial charge in [0.2, 0.25) is 0 Å². The van der Waals surface area contributed by atoms with Crippen molar-refractivity contribution in [3.63, 3.8) is 0 Å². The highest BCUT2D eigenvalue weighted by molar-refractivity contribution is 6.06. The molecule has 1 heterocycles. The minimum Gasteiger partial charge on any atom is -0.385 e. The fourth-order valence-corrected chi connectivity index (χ4v) is 2.81. The number of hydrogen-bond acceptors (Lipinski definition) is 2. The van der Waals surface area contributed by atoms with Crippen molar-refractivity contribution in [2.45, 2.75) is 26.7 Å². The first-order chi connectivity index (χ1) is 10.2. The van der Waals surface area contributed by atoms with Crippen LogP contribution in [0.4, 0.5) is 11.4 Å². The van der Waals surface area contributed by atoms with E-state index in [1.807, 2.05) is 44.2 Å². The molecule has 3 heteroatoms. The van der Waals surface area contributed by atoms with Crippen molar-refractivity contribution in [3.05, 3.63) is 58.7 Å².